The second-order valence-electron chi connectivity index (χ2n) is 7.73. The summed E-state index contributed by atoms with van der Waals surface area (Å²) in [7, 11) is -3.58. The van der Waals surface area contributed by atoms with Crippen molar-refractivity contribution in [1.82, 2.24) is 9.29 Å². The summed E-state index contributed by atoms with van der Waals surface area (Å²) in [4.78, 5) is 18.2. The molecule has 3 aromatic rings. The summed E-state index contributed by atoms with van der Waals surface area (Å²) in [6.07, 6.45) is 2.85. The van der Waals surface area contributed by atoms with Crippen molar-refractivity contribution in [3.05, 3.63) is 64.2 Å². The van der Waals surface area contributed by atoms with Gasteiger partial charge in [-0.1, -0.05) is 12.5 Å². The molecule has 168 valence electrons. The van der Waals surface area contributed by atoms with Crippen LogP contribution in [-0.4, -0.2) is 36.7 Å². The number of hydrogen-bond acceptors (Lipinski definition) is 5. The van der Waals surface area contributed by atoms with Gasteiger partial charge in [0, 0.05) is 29.2 Å². The number of rotatable bonds is 6. The third-order valence-electron chi connectivity index (χ3n) is 5.31. The van der Waals surface area contributed by atoms with E-state index < -0.39 is 10.0 Å². The van der Waals surface area contributed by atoms with Crippen LogP contribution in [0, 0.1) is 12.7 Å². The predicted octanol–water partition coefficient (Wildman–Crippen LogP) is 4.61. The number of thiazole rings is 1. The summed E-state index contributed by atoms with van der Waals surface area (Å²) in [6.45, 7) is 2.90. The number of aryl methyl sites for hydroxylation is 1. The first-order valence-electron chi connectivity index (χ1n) is 10.5. The Kier molecular flexibility index (Phi) is 6.68. The van der Waals surface area contributed by atoms with Crippen LogP contribution in [0.15, 0.2) is 53.4 Å². The molecule has 2 heterocycles. The summed E-state index contributed by atoms with van der Waals surface area (Å²) in [5, 5.41) is 3.61. The molecule has 0 aliphatic carbocycles. The molecule has 1 aromatic heterocycles. The Morgan fingerprint density at radius 2 is 1.84 bits per heavy atom. The van der Waals surface area contributed by atoms with E-state index in [0.29, 0.717) is 24.5 Å². The Balaban J connectivity index is 1.50. The maximum atomic E-state index is 13.3. The van der Waals surface area contributed by atoms with Gasteiger partial charge >= 0.3 is 0 Å². The molecule has 6 nitrogen and oxygen atoms in total. The van der Waals surface area contributed by atoms with Gasteiger partial charge in [-0.3, -0.25) is 4.79 Å². The number of carbonyl (C=O) groups is 1. The van der Waals surface area contributed by atoms with Gasteiger partial charge in [-0.2, -0.15) is 4.31 Å². The predicted molar refractivity (Wildman–Crippen MR) is 124 cm³/mol. The number of hydrogen-bond donors (Lipinski definition) is 1. The number of anilines is 1. The first-order chi connectivity index (χ1) is 15.3. The van der Waals surface area contributed by atoms with E-state index >= 15 is 0 Å². The zero-order valence-electron chi connectivity index (χ0n) is 17.7. The lowest BCUT2D eigenvalue weighted by Crippen LogP contribution is -2.35. The molecular weight excluding hydrogens is 449 g/mol. The average molecular weight is 474 g/mol. The van der Waals surface area contributed by atoms with Gasteiger partial charge in [0.1, 0.15) is 5.82 Å². The van der Waals surface area contributed by atoms with Crippen LogP contribution in [-0.2, 0) is 21.2 Å². The minimum Gasteiger partial charge on any atom is -0.326 e. The number of piperidine rings is 1. The topological polar surface area (TPSA) is 79.4 Å². The molecule has 0 spiro atoms. The largest absolute Gasteiger partial charge is 0.326 e. The Hall–Kier alpha value is -2.62. The van der Waals surface area contributed by atoms with E-state index in [-0.39, 0.29) is 23.0 Å². The fraction of sp³-hybridized carbons (Fsp3) is 0.304. The molecule has 0 bridgehead atoms. The second kappa shape index (κ2) is 9.48. The van der Waals surface area contributed by atoms with Crippen LogP contribution in [0.1, 0.15) is 29.1 Å². The first kappa shape index (κ1) is 22.6. The number of aromatic nitrogens is 1. The van der Waals surface area contributed by atoms with Gasteiger partial charge < -0.3 is 5.32 Å². The zero-order valence-corrected chi connectivity index (χ0v) is 19.3. The van der Waals surface area contributed by atoms with Gasteiger partial charge in [-0.05, 0) is 62.2 Å². The molecule has 1 saturated heterocycles. The third-order valence-corrected chi connectivity index (χ3v) is 8.18. The summed E-state index contributed by atoms with van der Waals surface area (Å²) >= 11 is 1.41. The van der Waals surface area contributed by atoms with E-state index in [0.717, 1.165) is 34.7 Å². The van der Waals surface area contributed by atoms with Crippen molar-refractivity contribution in [1.29, 1.82) is 0 Å². The van der Waals surface area contributed by atoms with E-state index in [1.165, 1.54) is 33.8 Å². The molecule has 1 aliphatic heterocycles. The van der Waals surface area contributed by atoms with Gasteiger partial charge in [-0.15, -0.1) is 11.3 Å². The summed E-state index contributed by atoms with van der Waals surface area (Å²) in [5.41, 5.74) is 1.83. The van der Waals surface area contributed by atoms with Crippen molar-refractivity contribution in [3.8, 4) is 11.3 Å². The monoisotopic (exact) mass is 473 g/mol. The second-order valence-corrected chi connectivity index (χ2v) is 11.0. The van der Waals surface area contributed by atoms with Gasteiger partial charge in [0.05, 0.1) is 22.0 Å². The van der Waals surface area contributed by atoms with E-state index in [2.05, 4.69) is 10.3 Å². The van der Waals surface area contributed by atoms with Crippen molar-refractivity contribution >= 4 is 33.0 Å². The molecule has 0 unspecified atom stereocenters. The number of halogens is 1. The fourth-order valence-electron chi connectivity index (χ4n) is 3.76. The minimum absolute atomic E-state index is 0.0846. The molecule has 0 atom stereocenters. The fourth-order valence-corrected chi connectivity index (χ4v) is 6.28. The van der Waals surface area contributed by atoms with Gasteiger partial charge in [0.2, 0.25) is 15.9 Å². The molecule has 1 N–H and O–H groups in total. The molecule has 2 aromatic carbocycles. The average Bonchev–Trinajstić information content (AvgIpc) is 3.14. The number of benzene rings is 2. The minimum atomic E-state index is -3.58. The number of sulfonamides is 1. The molecule has 9 heteroatoms. The highest BCUT2D eigenvalue weighted by Crippen LogP contribution is 2.29. The first-order valence-corrected chi connectivity index (χ1v) is 12.7. The van der Waals surface area contributed by atoms with Crippen molar-refractivity contribution in [2.75, 3.05) is 18.4 Å². The third kappa shape index (κ3) is 5.06. The van der Waals surface area contributed by atoms with Gasteiger partial charge in [0.25, 0.3) is 0 Å². The highest BCUT2D eigenvalue weighted by atomic mass is 32.2. The van der Waals surface area contributed by atoms with Gasteiger partial charge in [0.15, 0.2) is 0 Å². The lowest BCUT2D eigenvalue weighted by atomic mass is 10.1. The normalized spacial score (nSPS) is 14.9. The summed E-state index contributed by atoms with van der Waals surface area (Å²) in [5.74, 6) is -0.607. The van der Waals surface area contributed by atoms with Crippen LogP contribution >= 0.6 is 11.3 Å². The molecule has 0 radical (unpaired) electrons. The van der Waals surface area contributed by atoms with Crippen LogP contribution in [0.25, 0.3) is 11.3 Å². The summed E-state index contributed by atoms with van der Waals surface area (Å²) in [6, 6.07) is 12.4. The van der Waals surface area contributed by atoms with E-state index in [4.69, 9.17) is 0 Å². The Labute approximate surface area is 191 Å². The summed E-state index contributed by atoms with van der Waals surface area (Å²) < 4.78 is 40.6. The lowest BCUT2D eigenvalue weighted by molar-refractivity contribution is -0.115. The lowest BCUT2D eigenvalue weighted by Gasteiger charge is -2.26. The number of carbonyl (C=O) groups excluding carboxylic acids is 1. The molecule has 1 aliphatic rings. The zero-order chi connectivity index (χ0) is 22.7. The number of nitrogens with zero attached hydrogens (tertiary/aromatic N) is 2. The smallest absolute Gasteiger partial charge is 0.243 e. The Bertz CT molecular complexity index is 1220. The van der Waals surface area contributed by atoms with Gasteiger partial charge in [-0.25, -0.2) is 17.8 Å². The highest BCUT2D eigenvalue weighted by molar-refractivity contribution is 7.89. The Morgan fingerprint density at radius 3 is 2.56 bits per heavy atom. The molecule has 1 fully saturated rings. The van der Waals surface area contributed by atoms with E-state index in [1.807, 2.05) is 6.92 Å². The maximum absolute atomic E-state index is 13.3. The van der Waals surface area contributed by atoms with Crippen molar-refractivity contribution < 1.29 is 17.6 Å². The van der Waals surface area contributed by atoms with Crippen LogP contribution in [0.2, 0.25) is 0 Å². The SMILES string of the molecule is Cc1nc(-c2ccc(F)cc2)c(CC(=O)Nc2cccc(S(=O)(=O)N3CCCCC3)c2)s1. The number of amides is 1. The Morgan fingerprint density at radius 1 is 1.12 bits per heavy atom. The molecule has 4 rings (SSSR count). The van der Waals surface area contributed by atoms with E-state index in [9.17, 15) is 17.6 Å². The standard InChI is InChI=1S/C23H24FN3O3S2/c1-16-25-23(17-8-10-18(24)11-9-17)21(31-16)15-22(28)26-19-6-5-7-20(14-19)32(29,30)27-12-3-2-4-13-27/h5-11,14H,2-4,12-13,15H2,1H3,(H,26,28). The molecular formula is C23H24FN3O3S2. The van der Waals surface area contributed by atoms with Crippen molar-refractivity contribution in [2.45, 2.75) is 37.5 Å². The molecule has 32 heavy (non-hydrogen) atoms. The van der Waals surface area contributed by atoms with Crippen LogP contribution in [0.5, 0.6) is 0 Å². The van der Waals surface area contributed by atoms with Crippen LogP contribution in [0.4, 0.5) is 10.1 Å². The van der Waals surface area contributed by atoms with Crippen molar-refractivity contribution in [3.63, 3.8) is 0 Å². The number of nitrogens with one attached hydrogen (secondary N) is 1. The quantitative estimate of drug-likeness (QED) is 0.567. The highest BCUT2D eigenvalue weighted by Gasteiger charge is 2.26. The molecule has 1 amide bonds. The van der Waals surface area contributed by atoms with Crippen molar-refractivity contribution in [2.24, 2.45) is 0 Å². The van der Waals surface area contributed by atoms with Crippen LogP contribution in [0.3, 0.4) is 0 Å². The maximum Gasteiger partial charge on any atom is 0.243 e. The van der Waals surface area contributed by atoms with Crippen LogP contribution < -0.4 is 5.32 Å². The van der Waals surface area contributed by atoms with E-state index in [1.54, 1.807) is 30.3 Å². The molecule has 0 saturated carbocycles.